The van der Waals surface area contributed by atoms with E-state index in [1.165, 1.54) is 39.1 Å². The molecule has 0 bridgehead atoms. The molecule has 10 rings (SSSR count). The molecule has 3 heterocycles. The zero-order valence-electron chi connectivity index (χ0n) is 25.6. The highest BCUT2D eigenvalue weighted by atomic mass is 16.3. The van der Waals surface area contributed by atoms with Crippen LogP contribution >= 0.6 is 0 Å². The highest BCUT2D eigenvalue weighted by Crippen LogP contribution is 2.43. The number of anilines is 1. The molecule has 2 aromatic heterocycles. The standard InChI is InChI=1S/C44H29NO2/c1-2-10-32(11-3-1)45-26-30-22-20-28(33-14-9-19-42-43(33)37-13-5-7-18-41(37)46-42)24-38(30)39-25-29(21-23-31(39)27-45)34-15-8-16-36-35-12-4-6-17-40(35)47-44(34)36/h1-25H,26-27H2. The SMILES string of the molecule is c1ccc(N2Cc3ccc(-c4cccc5c4oc4ccccc45)cc3-c3cc(-c4cccc5oc6ccccc6c45)ccc3C2)cc1. The first-order valence-electron chi connectivity index (χ1n) is 16.2. The maximum Gasteiger partial charge on any atom is 0.143 e. The molecule has 3 nitrogen and oxygen atoms in total. The Morgan fingerprint density at radius 2 is 0.979 bits per heavy atom. The van der Waals surface area contributed by atoms with Crippen LogP contribution in [-0.2, 0) is 13.1 Å². The van der Waals surface area contributed by atoms with Crippen LogP contribution in [0, 0.1) is 0 Å². The summed E-state index contributed by atoms with van der Waals surface area (Å²) in [5.41, 5.74) is 14.7. The fourth-order valence-electron chi connectivity index (χ4n) is 7.54. The number of rotatable bonds is 3. The maximum atomic E-state index is 6.48. The van der Waals surface area contributed by atoms with Gasteiger partial charge >= 0.3 is 0 Å². The highest BCUT2D eigenvalue weighted by molar-refractivity contribution is 6.13. The molecule has 1 aliphatic heterocycles. The van der Waals surface area contributed by atoms with Crippen molar-refractivity contribution in [1.82, 2.24) is 0 Å². The topological polar surface area (TPSA) is 29.5 Å². The molecule has 0 unspecified atom stereocenters. The van der Waals surface area contributed by atoms with Crippen molar-refractivity contribution in [3.8, 4) is 33.4 Å². The second-order valence-corrected chi connectivity index (χ2v) is 12.5. The van der Waals surface area contributed by atoms with Crippen molar-refractivity contribution in [2.24, 2.45) is 0 Å². The third-order valence-electron chi connectivity index (χ3n) is 9.78. The molecule has 7 aromatic carbocycles. The minimum Gasteiger partial charge on any atom is -0.456 e. The normalized spacial score (nSPS) is 12.9. The molecule has 0 aliphatic carbocycles. The molecule has 3 heteroatoms. The fourth-order valence-corrected chi connectivity index (χ4v) is 7.54. The second kappa shape index (κ2) is 10.2. The van der Waals surface area contributed by atoms with Gasteiger partial charge in [-0.15, -0.1) is 0 Å². The lowest BCUT2D eigenvalue weighted by Crippen LogP contribution is -2.20. The lowest BCUT2D eigenvalue weighted by molar-refractivity contribution is 0.669. The van der Waals surface area contributed by atoms with E-state index in [2.05, 4.69) is 144 Å². The number of furan rings is 2. The van der Waals surface area contributed by atoms with Crippen LogP contribution in [0.15, 0.2) is 160 Å². The van der Waals surface area contributed by atoms with Gasteiger partial charge in [-0.1, -0.05) is 109 Å². The summed E-state index contributed by atoms with van der Waals surface area (Å²) < 4.78 is 12.8. The molecule has 0 spiro atoms. The molecule has 0 amide bonds. The van der Waals surface area contributed by atoms with Crippen LogP contribution in [0.3, 0.4) is 0 Å². The van der Waals surface area contributed by atoms with E-state index in [1.807, 2.05) is 12.1 Å². The Labute approximate surface area is 271 Å². The number of nitrogens with zero attached hydrogens (tertiary/aromatic N) is 1. The summed E-state index contributed by atoms with van der Waals surface area (Å²) in [5.74, 6) is 0. The van der Waals surface area contributed by atoms with Crippen LogP contribution in [0.4, 0.5) is 5.69 Å². The van der Waals surface area contributed by atoms with Crippen molar-refractivity contribution in [3.63, 3.8) is 0 Å². The predicted octanol–water partition coefficient (Wildman–Crippen LogP) is 12.0. The highest BCUT2D eigenvalue weighted by Gasteiger charge is 2.23. The van der Waals surface area contributed by atoms with Gasteiger partial charge in [0.2, 0.25) is 0 Å². The van der Waals surface area contributed by atoms with Crippen molar-refractivity contribution in [2.75, 3.05) is 4.90 Å². The Morgan fingerprint density at radius 1 is 0.404 bits per heavy atom. The van der Waals surface area contributed by atoms with Gasteiger partial charge in [-0.3, -0.25) is 0 Å². The van der Waals surface area contributed by atoms with Gasteiger partial charge in [0, 0.05) is 45.9 Å². The fraction of sp³-hybridized carbons (Fsp3) is 0.0455. The molecule has 47 heavy (non-hydrogen) atoms. The van der Waals surface area contributed by atoms with Crippen LogP contribution in [0.2, 0.25) is 0 Å². The van der Waals surface area contributed by atoms with E-state index in [1.54, 1.807) is 0 Å². The lowest BCUT2D eigenvalue weighted by atomic mass is 9.89. The van der Waals surface area contributed by atoms with Gasteiger partial charge in [0.25, 0.3) is 0 Å². The molecule has 0 radical (unpaired) electrons. The summed E-state index contributed by atoms with van der Waals surface area (Å²) in [6.07, 6.45) is 0. The zero-order valence-corrected chi connectivity index (χ0v) is 25.6. The van der Waals surface area contributed by atoms with E-state index >= 15 is 0 Å². The van der Waals surface area contributed by atoms with Crippen molar-refractivity contribution in [1.29, 1.82) is 0 Å². The van der Waals surface area contributed by atoms with Crippen LogP contribution in [0.25, 0.3) is 77.3 Å². The molecule has 1 aliphatic rings. The van der Waals surface area contributed by atoms with Crippen LogP contribution in [0.5, 0.6) is 0 Å². The lowest BCUT2D eigenvalue weighted by Gasteiger charge is -2.24. The Balaban J connectivity index is 1.19. The Morgan fingerprint density at radius 3 is 1.74 bits per heavy atom. The molecule has 0 saturated heterocycles. The molecule has 0 atom stereocenters. The van der Waals surface area contributed by atoms with Crippen LogP contribution in [0.1, 0.15) is 11.1 Å². The molecule has 9 aromatic rings. The zero-order chi connectivity index (χ0) is 30.9. The minimum absolute atomic E-state index is 0.820. The predicted molar refractivity (Wildman–Crippen MR) is 194 cm³/mol. The van der Waals surface area contributed by atoms with E-state index in [0.29, 0.717) is 0 Å². The van der Waals surface area contributed by atoms with Crippen molar-refractivity contribution in [2.45, 2.75) is 13.1 Å². The first-order chi connectivity index (χ1) is 23.3. The second-order valence-electron chi connectivity index (χ2n) is 12.5. The van der Waals surface area contributed by atoms with Crippen LogP contribution in [-0.4, -0.2) is 0 Å². The van der Waals surface area contributed by atoms with Crippen LogP contribution < -0.4 is 4.90 Å². The smallest absolute Gasteiger partial charge is 0.143 e. The molecule has 222 valence electrons. The third kappa shape index (κ3) is 4.13. The summed E-state index contributed by atoms with van der Waals surface area (Å²) >= 11 is 0. The summed E-state index contributed by atoms with van der Waals surface area (Å²) in [7, 11) is 0. The van der Waals surface area contributed by atoms with E-state index in [-0.39, 0.29) is 0 Å². The Hall–Kier alpha value is -6.06. The molecular formula is C44H29NO2. The molecule has 0 saturated carbocycles. The van der Waals surface area contributed by atoms with Crippen molar-refractivity contribution < 1.29 is 8.83 Å². The van der Waals surface area contributed by atoms with Gasteiger partial charge in [0.05, 0.1) is 0 Å². The first-order valence-corrected chi connectivity index (χ1v) is 16.2. The van der Waals surface area contributed by atoms with Gasteiger partial charge in [-0.2, -0.15) is 0 Å². The largest absolute Gasteiger partial charge is 0.456 e. The van der Waals surface area contributed by atoms with E-state index < -0.39 is 0 Å². The number of para-hydroxylation sites is 4. The van der Waals surface area contributed by atoms with E-state index in [0.717, 1.165) is 68.1 Å². The van der Waals surface area contributed by atoms with Gasteiger partial charge in [-0.25, -0.2) is 0 Å². The number of hydrogen-bond donors (Lipinski definition) is 0. The summed E-state index contributed by atoms with van der Waals surface area (Å²) in [6.45, 7) is 1.64. The maximum absolute atomic E-state index is 6.48. The number of fused-ring (bicyclic) bond motifs is 9. The average molecular weight is 604 g/mol. The number of hydrogen-bond acceptors (Lipinski definition) is 3. The van der Waals surface area contributed by atoms with E-state index in [9.17, 15) is 0 Å². The third-order valence-corrected chi connectivity index (χ3v) is 9.78. The van der Waals surface area contributed by atoms with Gasteiger partial charge in [0.1, 0.15) is 22.3 Å². The van der Waals surface area contributed by atoms with E-state index in [4.69, 9.17) is 8.83 Å². The summed E-state index contributed by atoms with van der Waals surface area (Å²) in [5, 5.41) is 4.60. The van der Waals surface area contributed by atoms with Gasteiger partial charge in [0.15, 0.2) is 0 Å². The van der Waals surface area contributed by atoms with Crippen molar-refractivity contribution >= 4 is 49.6 Å². The molecular weight excluding hydrogens is 574 g/mol. The molecule has 0 N–H and O–H groups in total. The molecule has 0 fully saturated rings. The first kappa shape index (κ1) is 26.2. The average Bonchev–Trinajstić information content (AvgIpc) is 3.66. The monoisotopic (exact) mass is 603 g/mol. The summed E-state index contributed by atoms with van der Waals surface area (Å²) in [4.78, 5) is 2.48. The van der Waals surface area contributed by atoms with Gasteiger partial charge in [-0.05, 0) is 81.4 Å². The number of benzene rings is 7. The van der Waals surface area contributed by atoms with Gasteiger partial charge < -0.3 is 13.7 Å². The minimum atomic E-state index is 0.820. The quantitative estimate of drug-likeness (QED) is 0.201. The summed E-state index contributed by atoms with van der Waals surface area (Å²) in [6, 6.07) is 54.2. The van der Waals surface area contributed by atoms with Crippen molar-refractivity contribution in [3.05, 3.63) is 163 Å². The Bertz CT molecular complexity index is 2640. The Kier molecular flexibility index (Phi) is 5.70.